The molecule has 3 nitrogen and oxygen atoms in total. The summed E-state index contributed by atoms with van der Waals surface area (Å²) >= 11 is 0. The minimum absolute atomic E-state index is 0.0893. The topological polar surface area (TPSA) is 55.5 Å². The van der Waals surface area contributed by atoms with Gasteiger partial charge in [0.2, 0.25) is 0 Å². The highest BCUT2D eigenvalue weighted by Gasteiger charge is 2.17. The van der Waals surface area contributed by atoms with Gasteiger partial charge < -0.3 is 15.6 Å². The summed E-state index contributed by atoms with van der Waals surface area (Å²) < 4.78 is 5.60. The highest BCUT2D eigenvalue weighted by atomic mass is 16.5. The van der Waals surface area contributed by atoms with Gasteiger partial charge in [0.15, 0.2) is 0 Å². The fraction of sp³-hybridized carbons (Fsp3) is 0.500. The van der Waals surface area contributed by atoms with E-state index in [1.165, 1.54) is 0 Å². The van der Waals surface area contributed by atoms with E-state index in [2.05, 4.69) is 0 Å². The Balaban J connectivity index is 2.95. The number of rotatable bonds is 4. The van der Waals surface area contributed by atoms with Crippen LogP contribution in [0.25, 0.3) is 0 Å². The Morgan fingerprint density at radius 2 is 1.80 bits per heavy atom. The molecule has 84 valence electrons. The summed E-state index contributed by atoms with van der Waals surface area (Å²) in [6, 6.07) is 7.14. The number of aliphatic hydroxyl groups excluding tert-OH is 1. The van der Waals surface area contributed by atoms with Crippen LogP contribution in [0.1, 0.15) is 32.4 Å². The number of hydrogen-bond donors (Lipinski definition) is 2. The molecule has 3 N–H and O–H groups in total. The molecule has 0 saturated heterocycles. The normalized spacial score (nSPS) is 15.1. The molecule has 0 bridgehead atoms. The van der Waals surface area contributed by atoms with Crippen molar-refractivity contribution in [2.24, 2.45) is 5.73 Å². The van der Waals surface area contributed by atoms with Crippen molar-refractivity contribution in [3.05, 3.63) is 29.8 Å². The third kappa shape index (κ3) is 3.22. The summed E-state index contributed by atoms with van der Waals surface area (Å²) in [5, 5.41) is 9.89. The van der Waals surface area contributed by atoms with E-state index >= 15 is 0 Å². The molecule has 0 aromatic heterocycles. The van der Waals surface area contributed by atoms with Crippen LogP contribution in [0, 0.1) is 0 Å². The Bertz CT molecular complexity index is 310. The van der Waals surface area contributed by atoms with E-state index in [4.69, 9.17) is 10.5 Å². The van der Waals surface area contributed by atoms with Crippen molar-refractivity contribution in [1.82, 2.24) is 0 Å². The lowest BCUT2D eigenvalue weighted by molar-refractivity contribution is 0.144. The number of nitrogens with two attached hydrogens (primary N) is 1. The van der Waals surface area contributed by atoms with E-state index in [0.717, 1.165) is 5.56 Å². The Morgan fingerprint density at radius 3 is 2.33 bits per heavy atom. The molecule has 3 heteroatoms. The van der Waals surface area contributed by atoms with Crippen LogP contribution in [-0.4, -0.2) is 17.3 Å². The first kappa shape index (κ1) is 12.0. The smallest absolute Gasteiger partial charge is 0.125 e. The summed E-state index contributed by atoms with van der Waals surface area (Å²) in [5.74, 6) is 0.706. The standard InChI is InChI=1S/C12H19NO2/c1-8(2)15-11-7-5-4-6-10(11)12(14)9(3)13/h4-9,12,14H,13H2,1-3H3/t9-,12-/m0/s1. The van der Waals surface area contributed by atoms with Crippen LogP contribution >= 0.6 is 0 Å². The molecule has 1 rings (SSSR count). The Labute approximate surface area is 90.9 Å². The second-order valence-corrected chi connectivity index (χ2v) is 4.01. The number of aliphatic hydroxyl groups is 1. The highest BCUT2D eigenvalue weighted by Crippen LogP contribution is 2.27. The molecule has 0 amide bonds. The first-order chi connectivity index (χ1) is 7.02. The number of para-hydroxylation sites is 1. The zero-order valence-corrected chi connectivity index (χ0v) is 9.47. The molecule has 15 heavy (non-hydrogen) atoms. The minimum Gasteiger partial charge on any atom is -0.491 e. The van der Waals surface area contributed by atoms with Crippen molar-refractivity contribution in [1.29, 1.82) is 0 Å². The molecular weight excluding hydrogens is 190 g/mol. The van der Waals surface area contributed by atoms with E-state index in [0.29, 0.717) is 5.75 Å². The van der Waals surface area contributed by atoms with Crippen molar-refractivity contribution in [3.8, 4) is 5.75 Å². The van der Waals surface area contributed by atoms with Crippen LogP contribution in [0.2, 0.25) is 0 Å². The molecular formula is C12H19NO2. The third-order valence-electron chi connectivity index (χ3n) is 2.10. The van der Waals surface area contributed by atoms with Crippen LogP contribution in [0.4, 0.5) is 0 Å². The van der Waals surface area contributed by atoms with Crippen molar-refractivity contribution >= 4 is 0 Å². The van der Waals surface area contributed by atoms with Gasteiger partial charge in [-0.25, -0.2) is 0 Å². The molecule has 0 spiro atoms. The molecule has 0 fully saturated rings. The highest BCUT2D eigenvalue weighted by molar-refractivity contribution is 5.35. The van der Waals surface area contributed by atoms with Crippen LogP contribution in [-0.2, 0) is 0 Å². The van der Waals surface area contributed by atoms with Crippen LogP contribution < -0.4 is 10.5 Å². The summed E-state index contributed by atoms with van der Waals surface area (Å²) in [6.45, 7) is 5.68. The van der Waals surface area contributed by atoms with E-state index < -0.39 is 6.10 Å². The summed E-state index contributed by atoms with van der Waals surface area (Å²) in [4.78, 5) is 0. The fourth-order valence-corrected chi connectivity index (χ4v) is 1.37. The van der Waals surface area contributed by atoms with Gasteiger partial charge in [0.1, 0.15) is 5.75 Å². The molecule has 1 aromatic rings. The molecule has 1 aromatic carbocycles. The SMILES string of the molecule is CC(C)Oc1ccccc1[C@@H](O)[C@H](C)N. The average Bonchev–Trinajstić information content (AvgIpc) is 2.16. The van der Waals surface area contributed by atoms with Crippen LogP contribution in [0.5, 0.6) is 5.75 Å². The molecule has 0 aliphatic carbocycles. The molecule has 0 heterocycles. The predicted molar refractivity (Wildman–Crippen MR) is 60.8 cm³/mol. The minimum atomic E-state index is -0.681. The zero-order valence-electron chi connectivity index (χ0n) is 9.47. The van der Waals surface area contributed by atoms with Crippen molar-refractivity contribution in [2.45, 2.75) is 39.0 Å². The van der Waals surface area contributed by atoms with Crippen molar-refractivity contribution in [3.63, 3.8) is 0 Å². The zero-order chi connectivity index (χ0) is 11.4. The Kier molecular flexibility index (Phi) is 4.12. The van der Waals surface area contributed by atoms with Crippen molar-refractivity contribution < 1.29 is 9.84 Å². The molecule has 0 radical (unpaired) electrons. The summed E-state index contributed by atoms with van der Waals surface area (Å²) in [7, 11) is 0. The molecule has 0 saturated carbocycles. The number of benzene rings is 1. The molecule has 0 aliphatic rings. The maximum atomic E-state index is 9.89. The maximum absolute atomic E-state index is 9.89. The second-order valence-electron chi connectivity index (χ2n) is 4.01. The Morgan fingerprint density at radius 1 is 1.20 bits per heavy atom. The average molecular weight is 209 g/mol. The lowest BCUT2D eigenvalue weighted by Gasteiger charge is -2.20. The van der Waals surface area contributed by atoms with Gasteiger partial charge in [-0.15, -0.1) is 0 Å². The maximum Gasteiger partial charge on any atom is 0.125 e. The number of hydrogen-bond acceptors (Lipinski definition) is 3. The first-order valence-corrected chi connectivity index (χ1v) is 5.21. The third-order valence-corrected chi connectivity index (χ3v) is 2.10. The lowest BCUT2D eigenvalue weighted by atomic mass is 10.0. The van der Waals surface area contributed by atoms with E-state index in [1.54, 1.807) is 6.92 Å². The van der Waals surface area contributed by atoms with Crippen LogP contribution in [0.3, 0.4) is 0 Å². The predicted octanol–water partition coefficient (Wildman–Crippen LogP) is 1.85. The summed E-state index contributed by atoms with van der Waals surface area (Å²) in [6.07, 6.45) is -0.591. The quantitative estimate of drug-likeness (QED) is 0.795. The fourth-order valence-electron chi connectivity index (χ4n) is 1.37. The monoisotopic (exact) mass is 209 g/mol. The van der Waals surface area contributed by atoms with Gasteiger partial charge in [-0.1, -0.05) is 18.2 Å². The van der Waals surface area contributed by atoms with E-state index in [-0.39, 0.29) is 12.1 Å². The van der Waals surface area contributed by atoms with Gasteiger partial charge in [-0.05, 0) is 26.8 Å². The van der Waals surface area contributed by atoms with Gasteiger partial charge in [0.05, 0.1) is 12.2 Å². The van der Waals surface area contributed by atoms with E-state index in [9.17, 15) is 5.11 Å². The Hall–Kier alpha value is -1.06. The van der Waals surface area contributed by atoms with Crippen molar-refractivity contribution in [2.75, 3.05) is 0 Å². The lowest BCUT2D eigenvalue weighted by Crippen LogP contribution is -2.25. The second kappa shape index (κ2) is 5.14. The molecule has 0 unspecified atom stereocenters. The van der Waals surface area contributed by atoms with Crippen LogP contribution in [0.15, 0.2) is 24.3 Å². The van der Waals surface area contributed by atoms with Gasteiger partial charge in [-0.2, -0.15) is 0 Å². The largest absolute Gasteiger partial charge is 0.491 e. The first-order valence-electron chi connectivity index (χ1n) is 5.21. The van der Waals surface area contributed by atoms with Gasteiger partial charge in [0.25, 0.3) is 0 Å². The van der Waals surface area contributed by atoms with Gasteiger partial charge >= 0.3 is 0 Å². The van der Waals surface area contributed by atoms with E-state index in [1.807, 2.05) is 38.1 Å². The summed E-state index contributed by atoms with van der Waals surface area (Å²) in [5.41, 5.74) is 6.41. The van der Waals surface area contributed by atoms with Gasteiger partial charge in [-0.3, -0.25) is 0 Å². The molecule has 2 atom stereocenters. The molecule has 0 aliphatic heterocycles. The van der Waals surface area contributed by atoms with Gasteiger partial charge in [0, 0.05) is 11.6 Å². The number of ether oxygens (including phenoxy) is 1.